The molecule has 3 heterocycles. The fourth-order valence-corrected chi connectivity index (χ4v) is 2.91. The second kappa shape index (κ2) is 8.22. The molecule has 0 fully saturated rings. The van der Waals surface area contributed by atoms with E-state index in [2.05, 4.69) is 30.6 Å². The van der Waals surface area contributed by atoms with E-state index in [0.717, 1.165) is 10.9 Å². The summed E-state index contributed by atoms with van der Waals surface area (Å²) < 4.78 is 36.9. The van der Waals surface area contributed by atoms with Gasteiger partial charge in [-0.1, -0.05) is 0 Å². The number of halogens is 3. The number of rotatable bonds is 6. The summed E-state index contributed by atoms with van der Waals surface area (Å²) in [5, 5.41) is 15.3. The van der Waals surface area contributed by atoms with Gasteiger partial charge in [0.2, 0.25) is 11.9 Å². The van der Waals surface area contributed by atoms with Crippen molar-refractivity contribution >= 4 is 22.9 Å². The van der Waals surface area contributed by atoms with Crippen LogP contribution in [0.25, 0.3) is 22.3 Å². The predicted octanol–water partition coefficient (Wildman–Crippen LogP) is 3.46. The lowest BCUT2D eigenvalue weighted by Crippen LogP contribution is -2.49. The molecular formula is C20H20F3N7O. The zero-order valence-electron chi connectivity index (χ0n) is 17.1. The van der Waals surface area contributed by atoms with Gasteiger partial charge in [-0.2, -0.15) is 18.4 Å². The highest BCUT2D eigenvalue weighted by atomic mass is 19.4. The Hall–Kier alpha value is -3.68. The molecule has 0 unspecified atom stereocenters. The zero-order chi connectivity index (χ0) is 22.8. The van der Waals surface area contributed by atoms with Gasteiger partial charge in [0.15, 0.2) is 0 Å². The molecular weight excluding hydrogens is 411 g/mol. The highest BCUT2D eigenvalue weighted by Crippen LogP contribution is 2.30. The van der Waals surface area contributed by atoms with Crippen molar-refractivity contribution in [2.45, 2.75) is 38.9 Å². The summed E-state index contributed by atoms with van der Waals surface area (Å²) in [5.41, 5.74) is 1.46. The second-order valence-electron chi connectivity index (χ2n) is 7.55. The van der Waals surface area contributed by atoms with E-state index in [1.165, 1.54) is 20.0 Å². The molecule has 0 saturated heterocycles. The van der Waals surface area contributed by atoms with Crippen molar-refractivity contribution in [2.24, 2.45) is 0 Å². The van der Waals surface area contributed by atoms with Gasteiger partial charge in [0.05, 0.1) is 23.9 Å². The molecule has 0 aromatic carbocycles. The lowest BCUT2D eigenvalue weighted by atomic mass is 10.0. The van der Waals surface area contributed by atoms with Gasteiger partial charge < -0.3 is 15.6 Å². The Bertz CT molecular complexity index is 1160. The van der Waals surface area contributed by atoms with Crippen molar-refractivity contribution in [3.8, 4) is 17.3 Å². The maximum absolute atomic E-state index is 12.3. The molecule has 0 saturated carbocycles. The standard InChI is InChI=1S/C20H20F3N7O/c1-11-6-13-14(10-27-16(13)26-8-11)15-12(7-24)9-28-18(29-15)30-19(2,3)17(31)25-5-4-20(21,22)23/h6,8-10H,4-5H2,1-3H3,(H,25,31)(H,26,27)(H,28,29,30). The number of carbonyl (C=O) groups excluding carboxylic acids is 1. The molecule has 0 aliphatic heterocycles. The highest BCUT2D eigenvalue weighted by Gasteiger charge is 2.31. The van der Waals surface area contributed by atoms with Crippen LogP contribution in [-0.2, 0) is 4.79 Å². The van der Waals surface area contributed by atoms with E-state index in [9.17, 15) is 23.2 Å². The molecule has 0 atom stereocenters. The number of fused-ring (bicyclic) bond motifs is 1. The fourth-order valence-electron chi connectivity index (χ4n) is 2.91. The third-order valence-corrected chi connectivity index (χ3v) is 4.52. The van der Waals surface area contributed by atoms with E-state index in [1.54, 1.807) is 12.4 Å². The minimum atomic E-state index is -4.36. The Balaban J connectivity index is 1.87. The molecule has 1 amide bonds. The van der Waals surface area contributed by atoms with E-state index in [0.29, 0.717) is 16.9 Å². The number of carbonyl (C=O) groups is 1. The lowest BCUT2D eigenvalue weighted by Gasteiger charge is -2.25. The molecule has 0 radical (unpaired) electrons. The van der Waals surface area contributed by atoms with Crippen molar-refractivity contribution in [2.75, 3.05) is 11.9 Å². The van der Waals surface area contributed by atoms with E-state index in [-0.39, 0.29) is 11.5 Å². The van der Waals surface area contributed by atoms with Crippen LogP contribution in [0.5, 0.6) is 0 Å². The summed E-state index contributed by atoms with van der Waals surface area (Å²) in [6, 6.07) is 3.95. The number of hydrogen-bond acceptors (Lipinski definition) is 6. The molecule has 11 heteroatoms. The first-order valence-electron chi connectivity index (χ1n) is 9.34. The number of nitriles is 1. The van der Waals surface area contributed by atoms with Crippen LogP contribution in [0.4, 0.5) is 19.1 Å². The normalized spacial score (nSPS) is 11.9. The molecule has 162 valence electrons. The molecule has 3 N–H and O–H groups in total. The average molecular weight is 431 g/mol. The van der Waals surface area contributed by atoms with Gasteiger partial charge in [-0.3, -0.25) is 4.79 Å². The second-order valence-corrected chi connectivity index (χ2v) is 7.55. The van der Waals surface area contributed by atoms with Gasteiger partial charge in [-0.25, -0.2) is 15.0 Å². The number of anilines is 1. The quantitative estimate of drug-likeness (QED) is 0.550. The number of H-pyrrole nitrogens is 1. The van der Waals surface area contributed by atoms with Crippen LogP contribution in [0.3, 0.4) is 0 Å². The van der Waals surface area contributed by atoms with E-state index in [1.807, 2.05) is 19.1 Å². The van der Waals surface area contributed by atoms with E-state index in [4.69, 9.17) is 0 Å². The Morgan fingerprint density at radius 3 is 2.68 bits per heavy atom. The van der Waals surface area contributed by atoms with Crippen LogP contribution >= 0.6 is 0 Å². The monoisotopic (exact) mass is 431 g/mol. The molecule has 0 aliphatic rings. The number of aryl methyl sites for hydroxylation is 1. The summed E-state index contributed by atoms with van der Waals surface area (Å²) in [6.07, 6.45) is -0.771. The van der Waals surface area contributed by atoms with Crippen molar-refractivity contribution in [3.05, 3.63) is 35.8 Å². The first-order chi connectivity index (χ1) is 14.5. The van der Waals surface area contributed by atoms with Crippen LogP contribution in [0.1, 0.15) is 31.4 Å². The van der Waals surface area contributed by atoms with Crippen molar-refractivity contribution in [1.82, 2.24) is 25.3 Å². The summed E-state index contributed by atoms with van der Waals surface area (Å²) in [6.45, 7) is 4.35. The molecule has 0 bridgehead atoms. The molecule has 0 spiro atoms. The minimum Gasteiger partial charge on any atom is -0.354 e. The predicted molar refractivity (Wildman–Crippen MR) is 108 cm³/mol. The number of amides is 1. The Kier molecular flexibility index (Phi) is 5.83. The third kappa shape index (κ3) is 5.09. The molecule has 3 aromatic rings. The summed E-state index contributed by atoms with van der Waals surface area (Å²) in [5.74, 6) is -0.585. The Morgan fingerprint density at radius 1 is 1.26 bits per heavy atom. The van der Waals surface area contributed by atoms with Gasteiger partial charge in [-0.15, -0.1) is 0 Å². The SMILES string of the molecule is Cc1cnc2[nH]cc(-c3nc(NC(C)(C)C(=O)NCCC(F)(F)F)ncc3C#N)c2c1. The number of nitrogens with zero attached hydrogens (tertiary/aromatic N) is 4. The number of pyridine rings is 1. The summed E-state index contributed by atoms with van der Waals surface area (Å²) in [4.78, 5) is 28.1. The van der Waals surface area contributed by atoms with Crippen LogP contribution in [-0.4, -0.2) is 44.1 Å². The molecule has 8 nitrogen and oxygen atoms in total. The molecule has 0 aliphatic carbocycles. The number of aromatic amines is 1. The highest BCUT2D eigenvalue weighted by molar-refractivity contribution is 5.94. The summed E-state index contributed by atoms with van der Waals surface area (Å²) in [7, 11) is 0. The maximum atomic E-state index is 12.3. The van der Waals surface area contributed by atoms with Crippen molar-refractivity contribution in [1.29, 1.82) is 5.26 Å². The molecule has 3 aromatic heterocycles. The van der Waals surface area contributed by atoms with Crippen LogP contribution in [0, 0.1) is 18.3 Å². The van der Waals surface area contributed by atoms with Gasteiger partial charge >= 0.3 is 6.18 Å². The largest absolute Gasteiger partial charge is 0.390 e. The third-order valence-electron chi connectivity index (χ3n) is 4.52. The first kappa shape index (κ1) is 22.0. The average Bonchev–Trinajstić information content (AvgIpc) is 3.09. The van der Waals surface area contributed by atoms with E-state index < -0.39 is 30.6 Å². The zero-order valence-corrected chi connectivity index (χ0v) is 17.1. The van der Waals surface area contributed by atoms with Crippen LogP contribution < -0.4 is 10.6 Å². The topological polar surface area (TPSA) is 119 Å². The summed E-state index contributed by atoms with van der Waals surface area (Å²) >= 11 is 0. The van der Waals surface area contributed by atoms with Gasteiger partial charge in [0, 0.05) is 29.9 Å². The fraction of sp³-hybridized carbons (Fsp3) is 0.350. The molecule has 3 rings (SSSR count). The number of alkyl halides is 3. The van der Waals surface area contributed by atoms with E-state index >= 15 is 0 Å². The Morgan fingerprint density at radius 2 is 2.00 bits per heavy atom. The van der Waals surface area contributed by atoms with Crippen molar-refractivity contribution in [3.63, 3.8) is 0 Å². The smallest absolute Gasteiger partial charge is 0.354 e. The Labute approximate surface area is 175 Å². The van der Waals surface area contributed by atoms with Gasteiger partial charge in [-0.05, 0) is 32.4 Å². The first-order valence-corrected chi connectivity index (χ1v) is 9.34. The lowest BCUT2D eigenvalue weighted by molar-refractivity contribution is -0.136. The molecule has 31 heavy (non-hydrogen) atoms. The number of nitrogens with one attached hydrogen (secondary N) is 3. The number of hydrogen-bond donors (Lipinski definition) is 3. The van der Waals surface area contributed by atoms with Crippen molar-refractivity contribution < 1.29 is 18.0 Å². The minimum absolute atomic E-state index is 0.0555. The maximum Gasteiger partial charge on any atom is 0.390 e. The van der Waals surface area contributed by atoms with Gasteiger partial charge in [0.25, 0.3) is 0 Å². The van der Waals surface area contributed by atoms with Gasteiger partial charge in [0.1, 0.15) is 17.3 Å². The van der Waals surface area contributed by atoms with Crippen LogP contribution in [0.2, 0.25) is 0 Å². The van der Waals surface area contributed by atoms with Crippen LogP contribution in [0.15, 0.2) is 24.7 Å². The number of aromatic nitrogens is 4.